The number of halogens is 1. The van der Waals surface area contributed by atoms with Crippen LogP contribution in [-0.4, -0.2) is 9.97 Å². The second-order valence-corrected chi connectivity index (χ2v) is 4.66. The van der Waals surface area contributed by atoms with Crippen molar-refractivity contribution in [3.05, 3.63) is 46.1 Å². The Bertz CT molecular complexity index is 619. The van der Waals surface area contributed by atoms with E-state index >= 15 is 0 Å². The maximum absolute atomic E-state index is 13.6. The van der Waals surface area contributed by atoms with Crippen molar-refractivity contribution in [2.45, 2.75) is 26.7 Å². The molecular weight excluding hydrogens is 247 g/mol. The van der Waals surface area contributed by atoms with Gasteiger partial charge in [0.05, 0.1) is 5.69 Å². The van der Waals surface area contributed by atoms with Gasteiger partial charge in [-0.3, -0.25) is 0 Å². The van der Waals surface area contributed by atoms with Gasteiger partial charge >= 0.3 is 0 Å². The maximum Gasteiger partial charge on any atom is 0.130 e. The van der Waals surface area contributed by atoms with Crippen LogP contribution in [0.4, 0.5) is 4.39 Å². The third-order valence-electron chi connectivity index (χ3n) is 2.84. The minimum atomic E-state index is -0.208. The first-order chi connectivity index (χ1) is 8.61. The minimum Gasteiger partial charge on any atom is -0.343 e. The summed E-state index contributed by atoms with van der Waals surface area (Å²) in [6.45, 7) is 3.85. The number of hydrogen-bond donors (Lipinski definition) is 1. The molecule has 2 rings (SSSR count). The highest BCUT2D eigenvalue weighted by molar-refractivity contribution is 7.71. The van der Waals surface area contributed by atoms with Crippen molar-refractivity contribution in [2.24, 2.45) is 0 Å². The zero-order valence-corrected chi connectivity index (χ0v) is 11.3. The first-order valence-electron chi connectivity index (χ1n) is 5.97. The number of benzene rings is 1. The molecular formula is C14H15FN2S. The topological polar surface area (TPSA) is 28.7 Å². The molecule has 0 fully saturated rings. The Morgan fingerprint density at radius 2 is 2.17 bits per heavy atom. The number of H-pyrrole nitrogens is 1. The zero-order chi connectivity index (χ0) is 13.1. The molecule has 0 saturated heterocycles. The van der Waals surface area contributed by atoms with Gasteiger partial charge in [0.25, 0.3) is 0 Å². The molecule has 2 aromatic rings. The van der Waals surface area contributed by atoms with E-state index in [0.717, 1.165) is 29.9 Å². The number of rotatable bonds is 3. The molecule has 0 spiro atoms. The van der Waals surface area contributed by atoms with Gasteiger partial charge in [0.2, 0.25) is 0 Å². The van der Waals surface area contributed by atoms with E-state index in [1.807, 2.05) is 6.07 Å². The van der Waals surface area contributed by atoms with Crippen LogP contribution in [0, 0.1) is 17.4 Å². The van der Waals surface area contributed by atoms with Gasteiger partial charge in [-0.2, -0.15) is 0 Å². The lowest BCUT2D eigenvalue weighted by Crippen LogP contribution is -1.98. The van der Waals surface area contributed by atoms with Crippen LogP contribution in [0.1, 0.15) is 24.7 Å². The lowest BCUT2D eigenvalue weighted by Gasteiger charge is -2.08. The molecule has 2 nitrogen and oxygen atoms in total. The first kappa shape index (κ1) is 12.9. The van der Waals surface area contributed by atoms with Crippen LogP contribution in [0.25, 0.3) is 11.3 Å². The average Bonchev–Trinajstić information content (AvgIpc) is 2.32. The van der Waals surface area contributed by atoms with Crippen molar-refractivity contribution < 1.29 is 4.39 Å². The predicted molar refractivity (Wildman–Crippen MR) is 73.5 cm³/mol. The number of aromatic nitrogens is 2. The lowest BCUT2D eigenvalue weighted by atomic mass is 10.1. The lowest BCUT2D eigenvalue weighted by molar-refractivity contribution is 0.619. The van der Waals surface area contributed by atoms with Gasteiger partial charge in [-0.1, -0.05) is 31.3 Å². The van der Waals surface area contributed by atoms with Crippen LogP contribution in [0.3, 0.4) is 0 Å². The summed E-state index contributed by atoms with van der Waals surface area (Å²) in [5.74, 6) is 0.643. The van der Waals surface area contributed by atoms with E-state index in [0.29, 0.717) is 10.2 Å². The summed E-state index contributed by atoms with van der Waals surface area (Å²) in [4.78, 5) is 7.49. The standard InChI is InChI=1S/C14H15FN2S/c1-3-5-13-16-12(8-14(18)17-13)10-6-4-7-11(15)9(10)2/h4,6-8H,3,5H2,1-2H3,(H,16,17,18). The van der Waals surface area contributed by atoms with Crippen LogP contribution in [0.5, 0.6) is 0 Å². The summed E-state index contributed by atoms with van der Waals surface area (Å²) in [5.41, 5.74) is 2.29. The van der Waals surface area contributed by atoms with Crippen LogP contribution < -0.4 is 0 Å². The Morgan fingerprint density at radius 1 is 1.39 bits per heavy atom. The minimum absolute atomic E-state index is 0.208. The smallest absolute Gasteiger partial charge is 0.130 e. The van der Waals surface area contributed by atoms with Gasteiger partial charge in [0, 0.05) is 12.0 Å². The molecule has 1 aromatic heterocycles. The molecule has 0 amide bonds. The van der Waals surface area contributed by atoms with Crippen LogP contribution in [-0.2, 0) is 6.42 Å². The Kier molecular flexibility index (Phi) is 3.87. The molecule has 94 valence electrons. The Morgan fingerprint density at radius 3 is 2.89 bits per heavy atom. The molecule has 0 saturated carbocycles. The quantitative estimate of drug-likeness (QED) is 0.839. The Balaban J connectivity index is 2.56. The number of aromatic amines is 1. The summed E-state index contributed by atoms with van der Waals surface area (Å²) < 4.78 is 14.1. The third kappa shape index (κ3) is 2.64. The molecule has 0 bridgehead atoms. The summed E-state index contributed by atoms with van der Waals surface area (Å²) in [5, 5.41) is 0. The van der Waals surface area contributed by atoms with Crippen LogP contribution in [0.15, 0.2) is 24.3 Å². The van der Waals surface area contributed by atoms with E-state index in [9.17, 15) is 4.39 Å². The number of nitrogens with one attached hydrogen (secondary N) is 1. The summed E-state index contributed by atoms with van der Waals surface area (Å²) >= 11 is 5.15. The Labute approximate surface area is 111 Å². The molecule has 18 heavy (non-hydrogen) atoms. The van der Waals surface area contributed by atoms with Gasteiger partial charge in [0.1, 0.15) is 16.3 Å². The van der Waals surface area contributed by atoms with Gasteiger partial charge < -0.3 is 4.98 Å². The van der Waals surface area contributed by atoms with E-state index in [-0.39, 0.29) is 5.82 Å². The van der Waals surface area contributed by atoms with Gasteiger partial charge in [-0.05, 0) is 31.0 Å². The number of nitrogens with zero attached hydrogens (tertiary/aromatic N) is 1. The molecule has 4 heteroatoms. The highest BCUT2D eigenvalue weighted by Gasteiger charge is 2.07. The number of hydrogen-bond acceptors (Lipinski definition) is 2. The Hall–Kier alpha value is -1.55. The van der Waals surface area contributed by atoms with Crippen molar-refractivity contribution in [1.82, 2.24) is 9.97 Å². The fourth-order valence-electron chi connectivity index (χ4n) is 1.91. The average molecular weight is 262 g/mol. The third-order valence-corrected chi connectivity index (χ3v) is 3.05. The van der Waals surface area contributed by atoms with Crippen molar-refractivity contribution in [1.29, 1.82) is 0 Å². The highest BCUT2D eigenvalue weighted by Crippen LogP contribution is 2.23. The van der Waals surface area contributed by atoms with Crippen molar-refractivity contribution >= 4 is 12.2 Å². The fourth-order valence-corrected chi connectivity index (χ4v) is 2.14. The normalized spacial score (nSPS) is 10.6. The van der Waals surface area contributed by atoms with Crippen LogP contribution in [0.2, 0.25) is 0 Å². The summed E-state index contributed by atoms with van der Waals surface area (Å²) in [7, 11) is 0. The second kappa shape index (κ2) is 5.40. The molecule has 0 aliphatic rings. The molecule has 0 aliphatic heterocycles. The molecule has 1 aromatic carbocycles. The van der Waals surface area contributed by atoms with Gasteiger partial charge in [0.15, 0.2) is 0 Å². The highest BCUT2D eigenvalue weighted by atomic mass is 32.1. The van der Waals surface area contributed by atoms with Crippen LogP contribution >= 0.6 is 12.2 Å². The molecule has 0 atom stereocenters. The van der Waals surface area contributed by atoms with E-state index in [1.54, 1.807) is 19.1 Å². The van der Waals surface area contributed by atoms with Gasteiger partial charge in [-0.15, -0.1) is 0 Å². The number of aryl methyl sites for hydroxylation is 1. The zero-order valence-electron chi connectivity index (χ0n) is 10.5. The fraction of sp³-hybridized carbons (Fsp3) is 0.286. The molecule has 1 N–H and O–H groups in total. The largest absolute Gasteiger partial charge is 0.343 e. The van der Waals surface area contributed by atoms with E-state index in [4.69, 9.17) is 12.2 Å². The summed E-state index contributed by atoms with van der Waals surface area (Å²) in [6, 6.07) is 6.82. The van der Waals surface area contributed by atoms with Crippen molar-refractivity contribution in [3.63, 3.8) is 0 Å². The molecule has 1 heterocycles. The van der Waals surface area contributed by atoms with Crippen molar-refractivity contribution in [3.8, 4) is 11.3 Å². The van der Waals surface area contributed by atoms with E-state index in [1.165, 1.54) is 6.07 Å². The molecule has 0 aliphatic carbocycles. The molecule has 0 unspecified atom stereocenters. The van der Waals surface area contributed by atoms with E-state index < -0.39 is 0 Å². The maximum atomic E-state index is 13.6. The van der Waals surface area contributed by atoms with Crippen molar-refractivity contribution in [2.75, 3.05) is 0 Å². The van der Waals surface area contributed by atoms with E-state index in [2.05, 4.69) is 16.9 Å². The predicted octanol–water partition coefficient (Wildman–Crippen LogP) is 4.21. The monoisotopic (exact) mass is 262 g/mol. The summed E-state index contributed by atoms with van der Waals surface area (Å²) in [6.07, 6.45) is 1.83. The second-order valence-electron chi connectivity index (χ2n) is 4.24. The molecule has 0 radical (unpaired) electrons. The SMILES string of the molecule is CCCc1nc(=S)cc(-c2cccc(F)c2C)[nH]1. The van der Waals surface area contributed by atoms with Gasteiger partial charge in [-0.25, -0.2) is 9.37 Å². The first-order valence-corrected chi connectivity index (χ1v) is 6.38.